The van der Waals surface area contributed by atoms with E-state index in [-0.39, 0.29) is 6.10 Å². The first kappa shape index (κ1) is 17.1. The maximum atomic E-state index is 5.78. The number of rotatable bonds is 5. The van der Waals surface area contributed by atoms with Gasteiger partial charge in [0.25, 0.3) is 0 Å². The lowest BCUT2D eigenvalue weighted by Gasteiger charge is -2.10. The van der Waals surface area contributed by atoms with Gasteiger partial charge in [0, 0.05) is 22.9 Å². The van der Waals surface area contributed by atoms with Crippen LogP contribution in [0.15, 0.2) is 60.8 Å². The molecule has 2 aromatic heterocycles. The number of hydrogen-bond donors (Lipinski definition) is 1. The number of para-hydroxylation sites is 1. The lowest BCUT2D eigenvalue weighted by Crippen LogP contribution is -2.05. The maximum Gasteiger partial charge on any atom is 0.178 e. The van der Waals surface area contributed by atoms with Crippen LogP contribution in [0.25, 0.3) is 33.7 Å². The van der Waals surface area contributed by atoms with Crippen LogP contribution in [0.4, 0.5) is 0 Å². The summed E-state index contributed by atoms with van der Waals surface area (Å²) >= 11 is 0. The number of benzene rings is 2. The van der Waals surface area contributed by atoms with E-state index in [0.29, 0.717) is 5.65 Å². The Morgan fingerprint density at radius 2 is 1.81 bits per heavy atom. The molecule has 0 aliphatic rings. The zero-order chi connectivity index (χ0) is 18.8. The highest BCUT2D eigenvalue weighted by Crippen LogP contribution is 2.31. The summed E-state index contributed by atoms with van der Waals surface area (Å²) in [6.45, 7) is 4.02. The average molecular weight is 359 g/mol. The van der Waals surface area contributed by atoms with Crippen LogP contribution in [0.5, 0.6) is 11.5 Å². The molecule has 4 rings (SSSR count). The number of aromatic nitrogens is 3. The highest BCUT2D eigenvalue weighted by molar-refractivity contribution is 5.82. The van der Waals surface area contributed by atoms with Crippen molar-refractivity contribution in [2.24, 2.45) is 0 Å². The molecule has 27 heavy (non-hydrogen) atoms. The summed E-state index contributed by atoms with van der Waals surface area (Å²) in [5.74, 6) is 2.41. The Morgan fingerprint density at radius 1 is 0.963 bits per heavy atom. The van der Waals surface area contributed by atoms with E-state index >= 15 is 0 Å². The van der Waals surface area contributed by atoms with E-state index in [1.165, 1.54) is 0 Å². The summed E-state index contributed by atoms with van der Waals surface area (Å²) in [5.41, 5.74) is 4.50. The van der Waals surface area contributed by atoms with Gasteiger partial charge in [-0.25, -0.2) is 9.97 Å². The summed E-state index contributed by atoms with van der Waals surface area (Å²) in [4.78, 5) is 12.5. The van der Waals surface area contributed by atoms with Gasteiger partial charge >= 0.3 is 0 Å². The second kappa shape index (κ2) is 7.11. The maximum absolute atomic E-state index is 5.78. The molecule has 0 atom stereocenters. The first-order valence-electron chi connectivity index (χ1n) is 8.90. The van der Waals surface area contributed by atoms with E-state index in [2.05, 4.69) is 15.0 Å². The van der Waals surface area contributed by atoms with E-state index in [4.69, 9.17) is 9.47 Å². The third-order valence-electron chi connectivity index (χ3n) is 4.23. The molecule has 0 aliphatic heterocycles. The minimum atomic E-state index is 0.126. The van der Waals surface area contributed by atoms with Crippen LogP contribution in [-0.2, 0) is 0 Å². The molecule has 0 saturated heterocycles. The molecule has 1 N–H and O–H groups in total. The number of imidazole rings is 1. The van der Waals surface area contributed by atoms with Gasteiger partial charge in [-0.1, -0.05) is 30.3 Å². The largest absolute Gasteiger partial charge is 0.496 e. The van der Waals surface area contributed by atoms with Gasteiger partial charge in [0.05, 0.1) is 18.7 Å². The fourth-order valence-electron chi connectivity index (χ4n) is 3.06. The minimum absolute atomic E-state index is 0.126. The number of H-pyrrole nitrogens is 1. The number of fused-ring (bicyclic) bond motifs is 1. The lowest BCUT2D eigenvalue weighted by atomic mass is 10.1. The second-order valence-electron chi connectivity index (χ2n) is 6.58. The van der Waals surface area contributed by atoms with Gasteiger partial charge in [-0.15, -0.1) is 0 Å². The van der Waals surface area contributed by atoms with Gasteiger partial charge in [0.15, 0.2) is 5.65 Å². The highest BCUT2D eigenvalue weighted by atomic mass is 16.5. The fraction of sp³-hybridized carbons (Fsp3) is 0.182. The molecule has 2 heterocycles. The molecule has 136 valence electrons. The van der Waals surface area contributed by atoms with E-state index in [0.717, 1.165) is 39.5 Å². The van der Waals surface area contributed by atoms with Gasteiger partial charge in [-0.3, -0.25) is 0 Å². The summed E-state index contributed by atoms with van der Waals surface area (Å²) in [5, 5.41) is 0. The molecule has 0 saturated carbocycles. The Hall–Kier alpha value is -3.34. The molecule has 0 radical (unpaired) electrons. The van der Waals surface area contributed by atoms with Crippen molar-refractivity contribution >= 4 is 11.2 Å². The molecule has 0 bridgehead atoms. The molecule has 4 aromatic rings. The van der Waals surface area contributed by atoms with Crippen LogP contribution in [0.1, 0.15) is 13.8 Å². The monoisotopic (exact) mass is 359 g/mol. The number of pyridine rings is 1. The SMILES string of the molecule is COc1ccccc1-c1cnc2nc(-c3cccc(OC(C)C)c3)[nH]c2c1. The summed E-state index contributed by atoms with van der Waals surface area (Å²) < 4.78 is 11.2. The number of nitrogens with zero attached hydrogens (tertiary/aromatic N) is 2. The van der Waals surface area contributed by atoms with Crippen molar-refractivity contribution < 1.29 is 9.47 Å². The Kier molecular flexibility index (Phi) is 4.50. The van der Waals surface area contributed by atoms with Crippen LogP contribution in [0, 0.1) is 0 Å². The molecule has 5 nitrogen and oxygen atoms in total. The van der Waals surface area contributed by atoms with Crippen molar-refractivity contribution in [2.75, 3.05) is 7.11 Å². The predicted octanol–water partition coefficient (Wildman–Crippen LogP) is 5.09. The zero-order valence-corrected chi connectivity index (χ0v) is 15.6. The van der Waals surface area contributed by atoms with Gasteiger partial charge in [-0.2, -0.15) is 0 Å². The standard InChI is InChI=1S/C22H21N3O2/c1-14(2)27-17-8-6-7-15(11-17)21-24-19-12-16(13-23-22(19)25-21)18-9-4-5-10-20(18)26-3/h4-14H,1-3H3,(H,23,24,25). The van der Waals surface area contributed by atoms with Crippen molar-refractivity contribution in [3.05, 3.63) is 60.8 Å². The Labute approximate surface area is 158 Å². The van der Waals surface area contributed by atoms with Crippen LogP contribution >= 0.6 is 0 Å². The van der Waals surface area contributed by atoms with Gasteiger partial charge in [0.2, 0.25) is 0 Å². The summed E-state index contributed by atoms with van der Waals surface area (Å²) in [7, 11) is 1.67. The number of hydrogen-bond acceptors (Lipinski definition) is 4. The van der Waals surface area contributed by atoms with E-state index in [1.54, 1.807) is 7.11 Å². The molecular formula is C22H21N3O2. The second-order valence-corrected chi connectivity index (χ2v) is 6.58. The smallest absolute Gasteiger partial charge is 0.178 e. The van der Waals surface area contributed by atoms with Gasteiger partial charge in [-0.05, 0) is 38.1 Å². The normalized spacial score (nSPS) is 11.1. The topological polar surface area (TPSA) is 60.0 Å². The quantitative estimate of drug-likeness (QED) is 0.539. The molecule has 2 aromatic carbocycles. The molecular weight excluding hydrogens is 338 g/mol. The predicted molar refractivity (Wildman–Crippen MR) is 107 cm³/mol. The molecule has 0 unspecified atom stereocenters. The zero-order valence-electron chi connectivity index (χ0n) is 15.6. The van der Waals surface area contributed by atoms with Crippen molar-refractivity contribution in [1.82, 2.24) is 15.0 Å². The number of ether oxygens (including phenoxy) is 2. The van der Waals surface area contributed by atoms with Crippen LogP contribution in [-0.4, -0.2) is 28.2 Å². The van der Waals surface area contributed by atoms with E-state index < -0.39 is 0 Å². The van der Waals surface area contributed by atoms with E-state index in [1.807, 2.05) is 74.6 Å². The fourth-order valence-corrected chi connectivity index (χ4v) is 3.06. The third-order valence-corrected chi connectivity index (χ3v) is 4.23. The average Bonchev–Trinajstić information content (AvgIpc) is 3.11. The van der Waals surface area contributed by atoms with Crippen LogP contribution < -0.4 is 9.47 Å². The number of methoxy groups -OCH3 is 1. The molecule has 5 heteroatoms. The van der Waals surface area contributed by atoms with Crippen molar-refractivity contribution in [1.29, 1.82) is 0 Å². The van der Waals surface area contributed by atoms with Crippen LogP contribution in [0.2, 0.25) is 0 Å². The molecule has 0 fully saturated rings. The van der Waals surface area contributed by atoms with Crippen molar-refractivity contribution in [3.8, 4) is 34.0 Å². The van der Waals surface area contributed by atoms with Crippen molar-refractivity contribution in [2.45, 2.75) is 20.0 Å². The Morgan fingerprint density at radius 3 is 2.63 bits per heavy atom. The summed E-state index contributed by atoms with van der Waals surface area (Å²) in [6.07, 6.45) is 1.95. The van der Waals surface area contributed by atoms with Gasteiger partial charge < -0.3 is 14.5 Å². The number of aromatic amines is 1. The molecule has 0 spiro atoms. The molecule has 0 amide bonds. The molecule has 0 aliphatic carbocycles. The lowest BCUT2D eigenvalue weighted by molar-refractivity contribution is 0.242. The van der Waals surface area contributed by atoms with Gasteiger partial charge in [0.1, 0.15) is 17.3 Å². The Balaban J connectivity index is 1.73. The highest BCUT2D eigenvalue weighted by Gasteiger charge is 2.11. The number of nitrogens with one attached hydrogen (secondary N) is 1. The Bertz CT molecular complexity index is 1090. The first-order chi connectivity index (χ1) is 13.1. The minimum Gasteiger partial charge on any atom is -0.496 e. The first-order valence-corrected chi connectivity index (χ1v) is 8.90. The van der Waals surface area contributed by atoms with E-state index in [9.17, 15) is 0 Å². The van der Waals surface area contributed by atoms with Crippen LogP contribution in [0.3, 0.4) is 0 Å². The van der Waals surface area contributed by atoms with Crippen molar-refractivity contribution in [3.63, 3.8) is 0 Å². The third kappa shape index (κ3) is 3.49. The summed E-state index contributed by atoms with van der Waals surface area (Å²) in [6, 6.07) is 17.9.